The number of hydrogen-bond acceptors (Lipinski definition) is 3. The summed E-state index contributed by atoms with van der Waals surface area (Å²) in [5, 5.41) is 2.83. The molecule has 120 valence electrons. The molecule has 2 heterocycles. The Bertz CT molecular complexity index is 677. The van der Waals surface area contributed by atoms with Crippen LogP contribution in [0.2, 0.25) is 0 Å². The number of aryl methyl sites for hydroxylation is 1. The Kier molecular flexibility index (Phi) is 4.46. The molecule has 0 radical (unpaired) electrons. The predicted molar refractivity (Wildman–Crippen MR) is 85.3 cm³/mol. The van der Waals surface area contributed by atoms with Crippen molar-refractivity contribution in [3.8, 4) is 0 Å². The van der Waals surface area contributed by atoms with Gasteiger partial charge in [-0.25, -0.2) is 0 Å². The Labute approximate surface area is 135 Å². The van der Waals surface area contributed by atoms with E-state index in [0.29, 0.717) is 25.4 Å². The standard InChI is InChI=1S/C18H20N2O3/c1-13-4-6-14(7-5-13)11-20-12-15(9-17(20)21)18(22)19-10-16-3-2-8-23-16/h2-8,15H,9-12H2,1H3,(H,19,22). The highest BCUT2D eigenvalue weighted by molar-refractivity contribution is 5.89. The monoisotopic (exact) mass is 312 g/mol. The Morgan fingerprint density at radius 2 is 2.09 bits per heavy atom. The van der Waals surface area contributed by atoms with E-state index >= 15 is 0 Å². The van der Waals surface area contributed by atoms with Gasteiger partial charge in [0, 0.05) is 19.5 Å². The van der Waals surface area contributed by atoms with Crippen LogP contribution >= 0.6 is 0 Å². The molecule has 5 nitrogen and oxygen atoms in total. The number of nitrogens with one attached hydrogen (secondary N) is 1. The minimum Gasteiger partial charge on any atom is -0.467 e. The van der Waals surface area contributed by atoms with Crippen LogP contribution in [0.1, 0.15) is 23.3 Å². The van der Waals surface area contributed by atoms with Gasteiger partial charge in [-0.2, -0.15) is 0 Å². The first-order valence-electron chi connectivity index (χ1n) is 7.75. The first-order valence-corrected chi connectivity index (χ1v) is 7.75. The van der Waals surface area contributed by atoms with Crippen molar-refractivity contribution < 1.29 is 14.0 Å². The molecule has 1 aromatic carbocycles. The van der Waals surface area contributed by atoms with Crippen LogP contribution in [-0.4, -0.2) is 23.3 Å². The summed E-state index contributed by atoms with van der Waals surface area (Å²) in [5.41, 5.74) is 2.28. The molecule has 0 spiro atoms. The molecule has 1 aliphatic heterocycles. The zero-order valence-electron chi connectivity index (χ0n) is 13.1. The molecule has 1 unspecified atom stereocenters. The zero-order valence-corrected chi connectivity index (χ0v) is 13.1. The van der Waals surface area contributed by atoms with Crippen LogP contribution in [-0.2, 0) is 22.7 Å². The van der Waals surface area contributed by atoms with Crippen LogP contribution in [0, 0.1) is 12.8 Å². The van der Waals surface area contributed by atoms with Gasteiger partial charge < -0.3 is 14.6 Å². The Balaban J connectivity index is 1.54. The summed E-state index contributed by atoms with van der Waals surface area (Å²) >= 11 is 0. The van der Waals surface area contributed by atoms with E-state index in [1.807, 2.05) is 37.3 Å². The lowest BCUT2D eigenvalue weighted by molar-refractivity contribution is -0.129. The van der Waals surface area contributed by atoms with Gasteiger partial charge in [-0.15, -0.1) is 0 Å². The zero-order chi connectivity index (χ0) is 16.2. The van der Waals surface area contributed by atoms with Gasteiger partial charge in [0.2, 0.25) is 11.8 Å². The fraction of sp³-hybridized carbons (Fsp3) is 0.333. The molecule has 1 aliphatic rings. The second kappa shape index (κ2) is 6.69. The second-order valence-electron chi connectivity index (χ2n) is 5.96. The lowest BCUT2D eigenvalue weighted by Gasteiger charge is -2.16. The molecule has 1 atom stereocenters. The van der Waals surface area contributed by atoms with Gasteiger partial charge in [0.15, 0.2) is 0 Å². The van der Waals surface area contributed by atoms with Crippen LogP contribution in [0.4, 0.5) is 0 Å². The van der Waals surface area contributed by atoms with Gasteiger partial charge in [-0.1, -0.05) is 29.8 Å². The van der Waals surface area contributed by atoms with Crippen LogP contribution in [0.25, 0.3) is 0 Å². The molecule has 2 aromatic rings. The normalized spacial score (nSPS) is 17.5. The van der Waals surface area contributed by atoms with E-state index in [4.69, 9.17) is 4.42 Å². The smallest absolute Gasteiger partial charge is 0.225 e. The lowest BCUT2D eigenvalue weighted by atomic mass is 10.1. The third-order valence-electron chi connectivity index (χ3n) is 4.10. The molecule has 1 aromatic heterocycles. The molecular weight excluding hydrogens is 292 g/mol. The number of benzene rings is 1. The summed E-state index contributed by atoms with van der Waals surface area (Å²) in [6, 6.07) is 11.7. The SMILES string of the molecule is Cc1ccc(CN2CC(C(=O)NCc3ccco3)CC2=O)cc1. The third-order valence-corrected chi connectivity index (χ3v) is 4.10. The van der Waals surface area contributed by atoms with Crippen molar-refractivity contribution in [1.82, 2.24) is 10.2 Å². The van der Waals surface area contributed by atoms with Crippen molar-refractivity contribution in [2.24, 2.45) is 5.92 Å². The average molecular weight is 312 g/mol. The highest BCUT2D eigenvalue weighted by atomic mass is 16.3. The third kappa shape index (κ3) is 3.80. The quantitative estimate of drug-likeness (QED) is 0.921. The molecular formula is C18H20N2O3. The largest absolute Gasteiger partial charge is 0.467 e. The summed E-state index contributed by atoms with van der Waals surface area (Å²) in [7, 11) is 0. The molecule has 0 aliphatic carbocycles. The number of carbonyl (C=O) groups excluding carboxylic acids is 2. The molecule has 2 amide bonds. The van der Waals surface area contributed by atoms with Crippen LogP contribution in [0.3, 0.4) is 0 Å². The summed E-state index contributed by atoms with van der Waals surface area (Å²) in [4.78, 5) is 26.1. The van der Waals surface area contributed by atoms with E-state index < -0.39 is 0 Å². The van der Waals surface area contributed by atoms with Crippen LogP contribution < -0.4 is 5.32 Å². The van der Waals surface area contributed by atoms with Crippen molar-refractivity contribution >= 4 is 11.8 Å². The van der Waals surface area contributed by atoms with Gasteiger partial charge >= 0.3 is 0 Å². The molecule has 0 saturated carbocycles. The first kappa shape index (κ1) is 15.3. The van der Waals surface area contributed by atoms with Gasteiger partial charge in [0.25, 0.3) is 0 Å². The molecule has 3 rings (SSSR count). The predicted octanol–water partition coefficient (Wildman–Crippen LogP) is 2.25. The molecule has 23 heavy (non-hydrogen) atoms. The van der Waals surface area contributed by atoms with Crippen molar-refractivity contribution in [1.29, 1.82) is 0 Å². The van der Waals surface area contributed by atoms with Gasteiger partial charge in [-0.05, 0) is 24.6 Å². The maximum atomic E-state index is 12.2. The minimum absolute atomic E-state index is 0.0312. The minimum atomic E-state index is -0.289. The van der Waals surface area contributed by atoms with Crippen molar-refractivity contribution in [2.45, 2.75) is 26.4 Å². The lowest BCUT2D eigenvalue weighted by Crippen LogP contribution is -2.32. The number of nitrogens with zero attached hydrogens (tertiary/aromatic N) is 1. The second-order valence-corrected chi connectivity index (χ2v) is 5.96. The van der Waals surface area contributed by atoms with E-state index in [1.54, 1.807) is 17.2 Å². The highest BCUT2D eigenvalue weighted by Gasteiger charge is 2.34. The van der Waals surface area contributed by atoms with Gasteiger partial charge in [0.1, 0.15) is 5.76 Å². The number of likely N-dealkylation sites (tertiary alicyclic amines) is 1. The molecule has 1 N–H and O–H groups in total. The number of carbonyl (C=O) groups is 2. The Morgan fingerprint density at radius 3 is 2.78 bits per heavy atom. The van der Waals surface area contributed by atoms with E-state index in [1.165, 1.54) is 5.56 Å². The molecule has 0 bridgehead atoms. The fourth-order valence-corrected chi connectivity index (χ4v) is 2.75. The molecule has 5 heteroatoms. The van der Waals surface area contributed by atoms with Gasteiger partial charge in [0.05, 0.1) is 18.7 Å². The number of rotatable bonds is 5. The number of amides is 2. The summed E-state index contributed by atoms with van der Waals surface area (Å²) in [6.07, 6.45) is 1.85. The molecule has 1 saturated heterocycles. The fourth-order valence-electron chi connectivity index (χ4n) is 2.75. The maximum Gasteiger partial charge on any atom is 0.225 e. The summed E-state index contributed by atoms with van der Waals surface area (Å²) in [6.45, 7) is 3.41. The summed E-state index contributed by atoms with van der Waals surface area (Å²) < 4.78 is 5.19. The van der Waals surface area contributed by atoms with E-state index in [-0.39, 0.29) is 24.2 Å². The van der Waals surface area contributed by atoms with Crippen molar-refractivity contribution in [2.75, 3.05) is 6.54 Å². The average Bonchev–Trinajstić information content (AvgIpc) is 3.18. The molecule has 1 fully saturated rings. The Hall–Kier alpha value is -2.56. The summed E-state index contributed by atoms with van der Waals surface area (Å²) in [5.74, 6) is 0.354. The van der Waals surface area contributed by atoms with E-state index in [9.17, 15) is 9.59 Å². The maximum absolute atomic E-state index is 12.2. The van der Waals surface area contributed by atoms with Crippen molar-refractivity contribution in [3.63, 3.8) is 0 Å². The number of hydrogen-bond donors (Lipinski definition) is 1. The first-order chi connectivity index (χ1) is 11.1. The van der Waals surface area contributed by atoms with Gasteiger partial charge in [-0.3, -0.25) is 9.59 Å². The highest BCUT2D eigenvalue weighted by Crippen LogP contribution is 2.20. The van der Waals surface area contributed by atoms with E-state index in [0.717, 1.165) is 5.56 Å². The van der Waals surface area contributed by atoms with Crippen LogP contribution in [0.15, 0.2) is 47.1 Å². The van der Waals surface area contributed by atoms with Crippen molar-refractivity contribution in [3.05, 3.63) is 59.5 Å². The van der Waals surface area contributed by atoms with Crippen LogP contribution in [0.5, 0.6) is 0 Å². The topological polar surface area (TPSA) is 62.6 Å². The Morgan fingerprint density at radius 1 is 1.30 bits per heavy atom. The number of furan rings is 1. The van der Waals surface area contributed by atoms with E-state index in [2.05, 4.69) is 5.32 Å².